The molecule has 0 aliphatic rings. The molecule has 0 spiro atoms. The van der Waals surface area contributed by atoms with Crippen LogP contribution in [0.25, 0.3) is 0 Å². The lowest BCUT2D eigenvalue weighted by molar-refractivity contribution is 0.599. The van der Waals surface area contributed by atoms with Crippen LogP contribution in [0.1, 0.15) is 12.5 Å². The molecule has 2 aromatic rings. The van der Waals surface area contributed by atoms with E-state index in [0.29, 0.717) is 12.1 Å². The van der Waals surface area contributed by atoms with Crippen LogP contribution in [0.4, 0.5) is 10.1 Å². The van der Waals surface area contributed by atoms with Gasteiger partial charge in [0.15, 0.2) is 0 Å². The van der Waals surface area contributed by atoms with Gasteiger partial charge in [0.05, 0.1) is 15.6 Å². The van der Waals surface area contributed by atoms with Crippen molar-refractivity contribution in [3.05, 3.63) is 58.9 Å². The molecule has 20 heavy (non-hydrogen) atoms. The van der Waals surface area contributed by atoms with E-state index in [2.05, 4.69) is 4.72 Å². The van der Waals surface area contributed by atoms with Gasteiger partial charge in [0.1, 0.15) is 5.82 Å². The number of para-hydroxylation sites is 1. The zero-order valence-electron chi connectivity index (χ0n) is 10.7. The summed E-state index contributed by atoms with van der Waals surface area (Å²) in [7, 11) is -3.79. The number of halogens is 2. The quantitative estimate of drug-likeness (QED) is 0.932. The van der Waals surface area contributed by atoms with Gasteiger partial charge in [0, 0.05) is 0 Å². The van der Waals surface area contributed by atoms with Crippen molar-refractivity contribution >= 4 is 27.3 Å². The second-order valence-electron chi connectivity index (χ2n) is 4.19. The summed E-state index contributed by atoms with van der Waals surface area (Å²) in [5, 5.41) is -0.225. The Labute approximate surface area is 122 Å². The molecule has 0 saturated heterocycles. The van der Waals surface area contributed by atoms with Gasteiger partial charge in [0.25, 0.3) is 10.0 Å². The van der Waals surface area contributed by atoms with Gasteiger partial charge in [-0.1, -0.05) is 36.7 Å². The second-order valence-corrected chi connectivity index (χ2v) is 6.28. The molecular formula is C14H13ClFNO2S. The van der Waals surface area contributed by atoms with Crippen molar-refractivity contribution in [3.8, 4) is 0 Å². The molecular weight excluding hydrogens is 301 g/mol. The topological polar surface area (TPSA) is 46.2 Å². The smallest absolute Gasteiger partial charge is 0.261 e. The maximum Gasteiger partial charge on any atom is 0.261 e. The molecule has 106 valence electrons. The van der Waals surface area contributed by atoms with Crippen LogP contribution in [0.5, 0.6) is 0 Å². The van der Waals surface area contributed by atoms with Crippen LogP contribution in [-0.2, 0) is 16.4 Å². The third-order valence-corrected chi connectivity index (χ3v) is 4.50. The fraction of sp³-hybridized carbons (Fsp3) is 0.143. The van der Waals surface area contributed by atoms with Crippen LogP contribution in [0.3, 0.4) is 0 Å². The second kappa shape index (κ2) is 5.81. The summed E-state index contributed by atoms with van der Waals surface area (Å²) >= 11 is 5.61. The summed E-state index contributed by atoms with van der Waals surface area (Å²) in [6.45, 7) is 1.93. The van der Waals surface area contributed by atoms with Crippen LogP contribution in [0.2, 0.25) is 5.02 Å². The van der Waals surface area contributed by atoms with E-state index in [9.17, 15) is 12.8 Å². The fourth-order valence-corrected chi connectivity index (χ4v) is 3.15. The molecule has 0 radical (unpaired) electrons. The van der Waals surface area contributed by atoms with Crippen molar-refractivity contribution in [3.63, 3.8) is 0 Å². The Kier molecular flexibility index (Phi) is 4.30. The number of hydrogen-bond acceptors (Lipinski definition) is 2. The minimum atomic E-state index is -3.79. The van der Waals surface area contributed by atoms with Gasteiger partial charge < -0.3 is 0 Å². The zero-order valence-corrected chi connectivity index (χ0v) is 12.3. The summed E-state index contributed by atoms with van der Waals surface area (Å²) in [6, 6.07) is 10.4. The number of sulfonamides is 1. The van der Waals surface area contributed by atoms with Gasteiger partial charge in [-0.25, -0.2) is 12.8 Å². The highest BCUT2D eigenvalue weighted by atomic mass is 35.5. The fourth-order valence-electron chi connectivity index (χ4n) is 1.78. The normalized spacial score (nSPS) is 11.3. The lowest BCUT2D eigenvalue weighted by Gasteiger charge is -2.11. The van der Waals surface area contributed by atoms with E-state index < -0.39 is 15.8 Å². The zero-order chi connectivity index (χ0) is 14.8. The lowest BCUT2D eigenvalue weighted by Crippen LogP contribution is -2.14. The third-order valence-electron chi connectivity index (χ3n) is 2.84. The first-order valence-corrected chi connectivity index (χ1v) is 7.86. The minimum Gasteiger partial charge on any atom is -0.279 e. The molecule has 0 bridgehead atoms. The Hall–Kier alpha value is -1.59. The molecule has 0 aliphatic heterocycles. The molecule has 0 heterocycles. The van der Waals surface area contributed by atoms with E-state index in [4.69, 9.17) is 11.6 Å². The summed E-state index contributed by atoms with van der Waals surface area (Å²) in [6.07, 6.45) is 0.697. The van der Waals surface area contributed by atoms with Gasteiger partial charge >= 0.3 is 0 Å². The molecule has 0 unspecified atom stereocenters. The van der Waals surface area contributed by atoms with Gasteiger partial charge in [0.2, 0.25) is 0 Å². The molecule has 2 rings (SSSR count). The first-order valence-electron chi connectivity index (χ1n) is 6.00. The number of hydrogen-bond donors (Lipinski definition) is 1. The maximum absolute atomic E-state index is 13.1. The predicted molar refractivity (Wildman–Crippen MR) is 78.0 cm³/mol. The highest BCUT2D eigenvalue weighted by Gasteiger charge is 2.17. The van der Waals surface area contributed by atoms with Crippen LogP contribution < -0.4 is 4.72 Å². The largest absolute Gasteiger partial charge is 0.279 e. The van der Waals surface area contributed by atoms with Crippen LogP contribution in [0.15, 0.2) is 47.4 Å². The lowest BCUT2D eigenvalue weighted by atomic mass is 10.1. The first kappa shape index (κ1) is 14.8. The van der Waals surface area contributed by atoms with E-state index in [0.717, 1.165) is 17.7 Å². The van der Waals surface area contributed by atoms with Crippen molar-refractivity contribution in [2.45, 2.75) is 18.2 Å². The Balaban J connectivity index is 2.38. The number of rotatable bonds is 4. The van der Waals surface area contributed by atoms with Crippen molar-refractivity contribution < 1.29 is 12.8 Å². The first-order chi connectivity index (χ1) is 9.44. The van der Waals surface area contributed by atoms with Gasteiger partial charge in [-0.3, -0.25) is 4.72 Å². The average molecular weight is 314 g/mol. The highest BCUT2D eigenvalue weighted by molar-refractivity contribution is 7.92. The number of benzene rings is 2. The Morgan fingerprint density at radius 2 is 1.90 bits per heavy atom. The molecule has 0 atom stereocenters. The maximum atomic E-state index is 13.1. The molecule has 6 heteroatoms. The summed E-state index contributed by atoms with van der Waals surface area (Å²) in [5.41, 5.74) is 1.39. The van der Waals surface area contributed by atoms with Gasteiger partial charge in [-0.15, -0.1) is 0 Å². The van der Waals surface area contributed by atoms with E-state index in [-0.39, 0.29) is 9.92 Å². The van der Waals surface area contributed by atoms with Crippen molar-refractivity contribution in [2.75, 3.05) is 4.72 Å². The Morgan fingerprint density at radius 1 is 1.20 bits per heavy atom. The summed E-state index contributed by atoms with van der Waals surface area (Å²) in [4.78, 5) is -0.0743. The molecule has 0 fully saturated rings. The van der Waals surface area contributed by atoms with Crippen molar-refractivity contribution in [1.29, 1.82) is 0 Å². The van der Waals surface area contributed by atoms with E-state index in [1.54, 1.807) is 12.1 Å². The van der Waals surface area contributed by atoms with E-state index in [1.807, 2.05) is 19.1 Å². The van der Waals surface area contributed by atoms with Crippen LogP contribution in [-0.4, -0.2) is 8.42 Å². The molecule has 0 amide bonds. The van der Waals surface area contributed by atoms with Crippen LogP contribution in [0, 0.1) is 5.82 Å². The third kappa shape index (κ3) is 3.11. The molecule has 0 aliphatic carbocycles. The predicted octanol–water partition coefficient (Wildman–Crippen LogP) is 3.84. The Morgan fingerprint density at radius 3 is 2.55 bits per heavy atom. The number of anilines is 1. The van der Waals surface area contributed by atoms with Crippen molar-refractivity contribution in [1.82, 2.24) is 0 Å². The summed E-state index contributed by atoms with van der Waals surface area (Å²) in [5.74, 6) is -0.653. The average Bonchev–Trinajstić information content (AvgIpc) is 2.42. The van der Waals surface area contributed by atoms with E-state index >= 15 is 0 Å². The molecule has 0 saturated carbocycles. The van der Waals surface area contributed by atoms with Crippen LogP contribution >= 0.6 is 11.6 Å². The van der Waals surface area contributed by atoms with Crippen molar-refractivity contribution in [2.24, 2.45) is 0 Å². The minimum absolute atomic E-state index is 0.0743. The number of aryl methyl sites for hydroxylation is 1. The molecule has 1 N–H and O–H groups in total. The molecule has 2 aromatic carbocycles. The Bertz CT molecular complexity index is 732. The van der Waals surface area contributed by atoms with Gasteiger partial charge in [-0.2, -0.15) is 0 Å². The van der Waals surface area contributed by atoms with E-state index in [1.165, 1.54) is 6.07 Å². The monoisotopic (exact) mass is 313 g/mol. The highest BCUT2D eigenvalue weighted by Crippen LogP contribution is 2.23. The summed E-state index contributed by atoms with van der Waals surface area (Å²) < 4.78 is 40.1. The van der Waals surface area contributed by atoms with Gasteiger partial charge in [-0.05, 0) is 36.2 Å². The molecule has 0 aromatic heterocycles. The standard InChI is InChI=1S/C14H13ClFNO2S/c1-2-10-5-3-4-6-14(10)17-20(18,19)11-7-8-13(16)12(15)9-11/h3-9,17H,2H2,1H3. The molecule has 3 nitrogen and oxygen atoms in total. The SMILES string of the molecule is CCc1ccccc1NS(=O)(=O)c1ccc(F)c(Cl)c1. The number of nitrogens with one attached hydrogen (secondary N) is 1.